The van der Waals surface area contributed by atoms with Gasteiger partial charge in [-0.15, -0.1) is 0 Å². The van der Waals surface area contributed by atoms with Gasteiger partial charge in [0.05, 0.1) is 12.8 Å². The van der Waals surface area contributed by atoms with Gasteiger partial charge >= 0.3 is 6.03 Å². The van der Waals surface area contributed by atoms with E-state index < -0.39 is 0 Å². The van der Waals surface area contributed by atoms with Gasteiger partial charge in [0.2, 0.25) is 0 Å². The van der Waals surface area contributed by atoms with Gasteiger partial charge in [0.25, 0.3) is 0 Å². The minimum absolute atomic E-state index is 0.102. The molecule has 1 saturated heterocycles. The van der Waals surface area contributed by atoms with Crippen molar-refractivity contribution in [3.8, 4) is 5.75 Å². The Morgan fingerprint density at radius 3 is 2.95 bits per heavy atom. The van der Waals surface area contributed by atoms with Gasteiger partial charge in [-0.3, -0.25) is 0 Å². The smallest absolute Gasteiger partial charge is 0.321 e. The number of carbonyl (C=O) groups is 1. The Bertz CT molecular complexity index is 459. The third-order valence-electron chi connectivity index (χ3n) is 3.92. The van der Waals surface area contributed by atoms with Crippen molar-refractivity contribution in [2.24, 2.45) is 0 Å². The second kappa shape index (κ2) is 7.88. The van der Waals surface area contributed by atoms with Crippen LogP contribution >= 0.6 is 0 Å². The summed E-state index contributed by atoms with van der Waals surface area (Å²) in [5.41, 5.74) is 0.702. The monoisotopic (exact) mass is 291 g/mol. The van der Waals surface area contributed by atoms with E-state index in [1.807, 2.05) is 31.3 Å². The van der Waals surface area contributed by atoms with Gasteiger partial charge in [-0.05, 0) is 37.9 Å². The minimum Gasteiger partial charge on any atom is -0.495 e. The maximum Gasteiger partial charge on any atom is 0.321 e. The van der Waals surface area contributed by atoms with E-state index in [1.165, 1.54) is 19.3 Å². The van der Waals surface area contributed by atoms with Crippen LogP contribution in [0.3, 0.4) is 0 Å². The summed E-state index contributed by atoms with van der Waals surface area (Å²) in [7, 11) is 3.43. The summed E-state index contributed by atoms with van der Waals surface area (Å²) < 4.78 is 5.24. The molecule has 0 aliphatic carbocycles. The fraction of sp³-hybridized carbons (Fsp3) is 0.562. The number of nitrogens with one attached hydrogen (secondary N) is 2. The first-order valence-electron chi connectivity index (χ1n) is 7.59. The Balaban J connectivity index is 1.81. The maximum atomic E-state index is 12.2. The zero-order chi connectivity index (χ0) is 15.1. The van der Waals surface area contributed by atoms with Crippen LogP contribution in [0, 0.1) is 0 Å². The number of rotatable bonds is 5. The number of hydrogen-bond acceptors (Lipinski definition) is 3. The van der Waals surface area contributed by atoms with E-state index in [0.29, 0.717) is 17.5 Å². The second-order valence-corrected chi connectivity index (χ2v) is 5.49. The molecular weight excluding hydrogens is 266 g/mol. The van der Waals surface area contributed by atoms with Crippen LogP contribution in [-0.4, -0.2) is 44.2 Å². The van der Waals surface area contributed by atoms with Crippen molar-refractivity contribution in [1.82, 2.24) is 10.2 Å². The third kappa shape index (κ3) is 4.63. The minimum atomic E-state index is -0.102. The fourth-order valence-electron chi connectivity index (χ4n) is 2.58. The number of benzene rings is 1. The van der Waals surface area contributed by atoms with Gasteiger partial charge in [-0.25, -0.2) is 4.79 Å². The first-order chi connectivity index (χ1) is 10.2. The highest BCUT2D eigenvalue weighted by atomic mass is 16.5. The molecule has 5 nitrogen and oxygen atoms in total. The predicted molar refractivity (Wildman–Crippen MR) is 84.9 cm³/mol. The van der Waals surface area contributed by atoms with Crippen molar-refractivity contribution in [1.29, 1.82) is 0 Å². The van der Waals surface area contributed by atoms with E-state index in [4.69, 9.17) is 4.74 Å². The number of piperidine rings is 1. The Morgan fingerprint density at radius 1 is 1.43 bits per heavy atom. The van der Waals surface area contributed by atoms with Gasteiger partial charge < -0.3 is 20.3 Å². The number of carbonyl (C=O) groups excluding carboxylic acids is 1. The summed E-state index contributed by atoms with van der Waals surface area (Å²) in [6.07, 6.45) is 4.76. The Labute approximate surface area is 126 Å². The molecule has 1 aliphatic rings. The molecule has 0 aromatic heterocycles. The molecule has 2 amide bonds. The lowest BCUT2D eigenvalue weighted by atomic mass is 10.0. The van der Waals surface area contributed by atoms with E-state index in [2.05, 4.69) is 10.6 Å². The molecule has 2 N–H and O–H groups in total. The molecule has 116 valence electrons. The molecule has 1 atom stereocenters. The number of amides is 2. The number of ether oxygens (including phenoxy) is 1. The maximum absolute atomic E-state index is 12.2. The molecular formula is C16H25N3O2. The molecule has 0 saturated carbocycles. The van der Waals surface area contributed by atoms with Crippen molar-refractivity contribution < 1.29 is 9.53 Å². The number of anilines is 1. The summed E-state index contributed by atoms with van der Waals surface area (Å²) in [6, 6.07) is 7.88. The van der Waals surface area contributed by atoms with Crippen LogP contribution in [0.4, 0.5) is 10.5 Å². The Hall–Kier alpha value is -1.75. The molecule has 0 radical (unpaired) electrons. The van der Waals surface area contributed by atoms with E-state index in [0.717, 1.165) is 19.5 Å². The molecule has 0 spiro atoms. The van der Waals surface area contributed by atoms with Crippen LogP contribution < -0.4 is 15.4 Å². The molecule has 0 bridgehead atoms. The predicted octanol–water partition coefficient (Wildman–Crippen LogP) is 2.69. The largest absolute Gasteiger partial charge is 0.495 e. The Kier molecular flexibility index (Phi) is 5.87. The normalized spacial score (nSPS) is 18.1. The highest BCUT2D eigenvalue weighted by Crippen LogP contribution is 2.23. The molecule has 1 unspecified atom stereocenters. The van der Waals surface area contributed by atoms with Gasteiger partial charge in [0, 0.05) is 19.6 Å². The molecule has 5 heteroatoms. The lowest BCUT2D eigenvalue weighted by molar-refractivity contribution is 0.218. The van der Waals surface area contributed by atoms with Crippen molar-refractivity contribution >= 4 is 11.7 Å². The first kappa shape index (κ1) is 15.6. The third-order valence-corrected chi connectivity index (χ3v) is 3.92. The van der Waals surface area contributed by atoms with Crippen LogP contribution in [0.1, 0.15) is 25.7 Å². The molecule has 1 aromatic rings. The Morgan fingerprint density at radius 2 is 2.24 bits per heavy atom. The van der Waals surface area contributed by atoms with Gasteiger partial charge in [0.15, 0.2) is 0 Å². The van der Waals surface area contributed by atoms with E-state index in [-0.39, 0.29) is 6.03 Å². The average Bonchev–Trinajstić information content (AvgIpc) is 2.54. The number of methoxy groups -OCH3 is 1. The number of hydrogen-bond donors (Lipinski definition) is 2. The summed E-state index contributed by atoms with van der Waals surface area (Å²) in [6.45, 7) is 1.85. The number of nitrogens with zero attached hydrogens (tertiary/aromatic N) is 1. The van der Waals surface area contributed by atoms with Crippen LogP contribution in [0.25, 0.3) is 0 Å². The number of para-hydroxylation sites is 2. The second-order valence-electron chi connectivity index (χ2n) is 5.49. The zero-order valence-electron chi connectivity index (χ0n) is 12.9. The quantitative estimate of drug-likeness (QED) is 0.877. The van der Waals surface area contributed by atoms with Crippen molar-refractivity contribution in [2.45, 2.75) is 31.7 Å². The first-order valence-corrected chi connectivity index (χ1v) is 7.59. The van der Waals surface area contributed by atoms with Crippen LogP contribution in [0.15, 0.2) is 24.3 Å². The van der Waals surface area contributed by atoms with Crippen LogP contribution in [-0.2, 0) is 0 Å². The topological polar surface area (TPSA) is 53.6 Å². The van der Waals surface area contributed by atoms with Crippen molar-refractivity contribution in [2.75, 3.05) is 32.6 Å². The lowest BCUT2D eigenvalue weighted by Gasteiger charge is -2.26. The molecule has 1 aromatic carbocycles. The number of urea groups is 1. The standard InChI is InChI=1S/C16H25N3O2/c1-19(12-10-13-7-5-6-11-17-13)16(20)18-14-8-3-4-9-15(14)21-2/h3-4,8-9,13,17H,5-7,10-12H2,1-2H3,(H,18,20). The molecule has 21 heavy (non-hydrogen) atoms. The summed E-state index contributed by atoms with van der Waals surface area (Å²) in [5, 5.41) is 6.39. The van der Waals surface area contributed by atoms with Gasteiger partial charge in [0.1, 0.15) is 5.75 Å². The molecule has 1 heterocycles. The van der Waals surface area contributed by atoms with E-state index in [1.54, 1.807) is 12.0 Å². The summed E-state index contributed by atoms with van der Waals surface area (Å²) >= 11 is 0. The fourth-order valence-corrected chi connectivity index (χ4v) is 2.58. The van der Waals surface area contributed by atoms with Crippen LogP contribution in [0.5, 0.6) is 5.75 Å². The van der Waals surface area contributed by atoms with Crippen LogP contribution in [0.2, 0.25) is 0 Å². The lowest BCUT2D eigenvalue weighted by Crippen LogP contribution is -2.39. The molecule has 1 aliphatic heterocycles. The van der Waals surface area contributed by atoms with Crippen molar-refractivity contribution in [3.05, 3.63) is 24.3 Å². The van der Waals surface area contributed by atoms with E-state index in [9.17, 15) is 4.79 Å². The van der Waals surface area contributed by atoms with Gasteiger partial charge in [-0.1, -0.05) is 18.6 Å². The summed E-state index contributed by atoms with van der Waals surface area (Å²) in [4.78, 5) is 13.9. The zero-order valence-corrected chi connectivity index (χ0v) is 12.9. The van der Waals surface area contributed by atoms with Crippen molar-refractivity contribution in [3.63, 3.8) is 0 Å². The van der Waals surface area contributed by atoms with Gasteiger partial charge in [-0.2, -0.15) is 0 Å². The highest BCUT2D eigenvalue weighted by Gasteiger charge is 2.16. The summed E-state index contributed by atoms with van der Waals surface area (Å²) in [5.74, 6) is 0.674. The highest BCUT2D eigenvalue weighted by molar-refractivity contribution is 5.90. The van der Waals surface area contributed by atoms with E-state index >= 15 is 0 Å². The molecule has 2 rings (SSSR count). The SMILES string of the molecule is COc1ccccc1NC(=O)N(C)CCC1CCCCN1. The average molecular weight is 291 g/mol. The molecule has 1 fully saturated rings.